The number of carbonyl (C=O) groups excluding carboxylic acids is 1. The zero-order chi connectivity index (χ0) is 12.1. The van der Waals surface area contributed by atoms with Gasteiger partial charge in [0.25, 0.3) is 0 Å². The monoisotopic (exact) mass is 245 g/mol. The summed E-state index contributed by atoms with van der Waals surface area (Å²) in [5.74, 6) is -1.59. The molecule has 1 aromatic rings. The lowest BCUT2D eigenvalue weighted by atomic mass is 10.5. The molecular weight excluding hydrogens is 234 g/mol. The third-order valence-corrected chi connectivity index (χ3v) is 3.05. The van der Waals surface area contributed by atoms with E-state index in [0.29, 0.717) is 0 Å². The Kier molecular flexibility index (Phi) is 4.24. The lowest BCUT2D eigenvalue weighted by Gasteiger charge is -1.98. The largest absolute Gasteiger partial charge is 0.475 e. The predicted octanol–water partition coefficient (Wildman–Crippen LogP) is 0.221. The van der Waals surface area contributed by atoms with Gasteiger partial charge < -0.3 is 14.8 Å². The van der Waals surface area contributed by atoms with Crippen LogP contribution in [-0.4, -0.2) is 34.0 Å². The molecule has 0 bridgehead atoms. The molecule has 16 heavy (non-hydrogen) atoms. The van der Waals surface area contributed by atoms with Crippen LogP contribution in [0.15, 0.2) is 21.6 Å². The molecule has 1 rings (SSSR count). The van der Waals surface area contributed by atoms with Crippen molar-refractivity contribution in [3.63, 3.8) is 0 Å². The molecule has 1 unspecified atom stereocenters. The second kappa shape index (κ2) is 5.45. The highest BCUT2D eigenvalue weighted by Crippen LogP contribution is 2.12. The summed E-state index contributed by atoms with van der Waals surface area (Å²) in [6.45, 7) is 0. The van der Waals surface area contributed by atoms with Gasteiger partial charge in [-0.05, 0) is 12.1 Å². The van der Waals surface area contributed by atoms with Gasteiger partial charge in [-0.2, -0.15) is 0 Å². The summed E-state index contributed by atoms with van der Waals surface area (Å²) in [6, 6.07) is 2.57. The molecule has 0 saturated carbocycles. The molecular formula is C9H11NO5S. The van der Waals surface area contributed by atoms with Crippen LogP contribution < -0.4 is 5.32 Å². The maximum atomic E-state index is 11.5. The van der Waals surface area contributed by atoms with Gasteiger partial charge in [-0.1, -0.05) is 0 Å². The Morgan fingerprint density at radius 2 is 2.19 bits per heavy atom. The maximum absolute atomic E-state index is 11.5. The average Bonchev–Trinajstić information content (AvgIpc) is 2.74. The molecule has 0 aliphatic carbocycles. The number of carboxylic acids is 1. The summed E-state index contributed by atoms with van der Waals surface area (Å²) in [5, 5.41) is 11.0. The van der Waals surface area contributed by atoms with Crippen LogP contribution in [0.3, 0.4) is 0 Å². The van der Waals surface area contributed by atoms with Gasteiger partial charge in [0.05, 0.1) is 10.8 Å². The van der Waals surface area contributed by atoms with Crippen molar-refractivity contribution in [1.82, 2.24) is 5.32 Å². The molecule has 0 saturated heterocycles. The fourth-order valence-corrected chi connectivity index (χ4v) is 1.94. The molecule has 6 nitrogen and oxygen atoms in total. The number of rotatable bonds is 5. The minimum Gasteiger partial charge on any atom is -0.475 e. The van der Waals surface area contributed by atoms with Crippen molar-refractivity contribution in [2.75, 3.05) is 12.8 Å². The van der Waals surface area contributed by atoms with Crippen molar-refractivity contribution in [3.8, 4) is 0 Å². The SMILES string of the molecule is CNC(=O)CCS(=O)c1ccc(C(=O)O)o1. The van der Waals surface area contributed by atoms with Gasteiger partial charge in [-0.3, -0.25) is 9.00 Å². The fraction of sp³-hybridized carbons (Fsp3) is 0.333. The third-order valence-electron chi connectivity index (χ3n) is 1.81. The zero-order valence-corrected chi connectivity index (χ0v) is 9.37. The first-order chi connectivity index (χ1) is 7.54. The topological polar surface area (TPSA) is 96.6 Å². The third kappa shape index (κ3) is 3.20. The van der Waals surface area contributed by atoms with Crippen molar-refractivity contribution in [3.05, 3.63) is 17.9 Å². The standard InChI is InChI=1S/C9H11NO5S/c1-10-7(11)4-5-16(14)8-3-2-6(15-8)9(12)13/h2-3H,4-5H2,1H3,(H,10,11)(H,12,13). The minimum atomic E-state index is -1.49. The van der Waals surface area contributed by atoms with Crippen molar-refractivity contribution in [2.45, 2.75) is 11.5 Å². The Bertz CT molecular complexity index is 425. The van der Waals surface area contributed by atoms with Crippen molar-refractivity contribution in [1.29, 1.82) is 0 Å². The van der Waals surface area contributed by atoms with E-state index in [9.17, 15) is 13.8 Å². The highest BCUT2D eigenvalue weighted by atomic mass is 32.2. The number of carboxylic acid groups (broad SMARTS) is 1. The Morgan fingerprint density at radius 3 is 2.69 bits per heavy atom. The van der Waals surface area contributed by atoms with E-state index in [-0.39, 0.29) is 28.9 Å². The number of carbonyl (C=O) groups is 2. The first kappa shape index (κ1) is 12.4. The van der Waals surface area contributed by atoms with Crippen molar-refractivity contribution < 1.29 is 23.3 Å². The van der Waals surface area contributed by atoms with E-state index in [2.05, 4.69) is 5.32 Å². The normalized spacial score (nSPS) is 12.1. The number of aromatic carboxylic acids is 1. The van der Waals surface area contributed by atoms with E-state index < -0.39 is 16.8 Å². The Labute approximate surface area is 94.1 Å². The molecule has 0 radical (unpaired) electrons. The lowest BCUT2D eigenvalue weighted by molar-refractivity contribution is -0.120. The summed E-state index contributed by atoms with van der Waals surface area (Å²) in [6.07, 6.45) is 0.103. The quantitative estimate of drug-likeness (QED) is 0.773. The highest BCUT2D eigenvalue weighted by molar-refractivity contribution is 7.84. The molecule has 0 fully saturated rings. The van der Waals surface area contributed by atoms with E-state index in [4.69, 9.17) is 9.52 Å². The van der Waals surface area contributed by atoms with Crippen LogP contribution in [0, 0.1) is 0 Å². The zero-order valence-electron chi connectivity index (χ0n) is 8.56. The van der Waals surface area contributed by atoms with Gasteiger partial charge in [0.15, 0.2) is 5.09 Å². The molecule has 0 aromatic carbocycles. The molecule has 1 aromatic heterocycles. The van der Waals surface area contributed by atoms with Crippen LogP contribution >= 0.6 is 0 Å². The van der Waals surface area contributed by atoms with Crippen LogP contribution in [0.1, 0.15) is 17.0 Å². The van der Waals surface area contributed by atoms with Crippen LogP contribution in [0.25, 0.3) is 0 Å². The van der Waals surface area contributed by atoms with Gasteiger partial charge >= 0.3 is 5.97 Å². The van der Waals surface area contributed by atoms with E-state index >= 15 is 0 Å². The summed E-state index contributed by atoms with van der Waals surface area (Å²) in [7, 11) is -0.00534. The van der Waals surface area contributed by atoms with Crippen molar-refractivity contribution >= 4 is 22.7 Å². The number of nitrogens with one attached hydrogen (secondary N) is 1. The smallest absolute Gasteiger partial charge is 0.371 e. The predicted molar refractivity (Wildman–Crippen MR) is 55.6 cm³/mol. The van der Waals surface area contributed by atoms with Gasteiger partial charge in [0, 0.05) is 19.2 Å². The van der Waals surface area contributed by atoms with E-state index in [1.54, 1.807) is 0 Å². The summed E-state index contributed by atoms with van der Waals surface area (Å²) >= 11 is 0. The van der Waals surface area contributed by atoms with E-state index in [0.717, 1.165) is 0 Å². The van der Waals surface area contributed by atoms with Crippen LogP contribution in [0.4, 0.5) is 0 Å². The first-order valence-electron chi connectivity index (χ1n) is 4.46. The van der Waals surface area contributed by atoms with Crippen LogP contribution in [-0.2, 0) is 15.6 Å². The molecule has 1 heterocycles. The van der Waals surface area contributed by atoms with Crippen LogP contribution in [0.5, 0.6) is 0 Å². The lowest BCUT2D eigenvalue weighted by Crippen LogP contribution is -2.19. The molecule has 0 aliphatic rings. The molecule has 88 valence electrons. The van der Waals surface area contributed by atoms with Gasteiger partial charge in [-0.25, -0.2) is 4.79 Å². The number of hydrogen-bond acceptors (Lipinski definition) is 4. The Morgan fingerprint density at radius 1 is 1.50 bits per heavy atom. The van der Waals surface area contributed by atoms with E-state index in [1.807, 2.05) is 0 Å². The Balaban J connectivity index is 2.59. The maximum Gasteiger partial charge on any atom is 0.371 e. The highest BCUT2D eigenvalue weighted by Gasteiger charge is 2.14. The molecule has 0 aliphatic heterocycles. The minimum absolute atomic E-state index is 0.0707. The summed E-state index contributed by atoms with van der Waals surface area (Å²) in [5.41, 5.74) is 0. The molecule has 0 spiro atoms. The molecule has 1 amide bonds. The molecule has 2 N–H and O–H groups in total. The molecule has 7 heteroatoms. The van der Waals surface area contributed by atoms with E-state index in [1.165, 1.54) is 19.2 Å². The van der Waals surface area contributed by atoms with Gasteiger partial charge in [0.2, 0.25) is 11.7 Å². The summed E-state index contributed by atoms with van der Waals surface area (Å²) < 4.78 is 16.4. The van der Waals surface area contributed by atoms with Crippen LogP contribution in [0.2, 0.25) is 0 Å². The summed E-state index contributed by atoms with van der Waals surface area (Å²) in [4.78, 5) is 21.4. The number of furan rings is 1. The second-order valence-corrected chi connectivity index (χ2v) is 4.40. The number of hydrogen-bond donors (Lipinski definition) is 2. The second-order valence-electron chi connectivity index (χ2n) is 2.90. The first-order valence-corrected chi connectivity index (χ1v) is 5.78. The fourth-order valence-electron chi connectivity index (χ4n) is 0.968. The Hall–Kier alpha value is -1.63. The van der Waals surface area contributed by atoms with Gasteiger partial charge in [0.1, 0.15) is 0 Å². The van der Waals surface area contributed by atoms with Gasteiger partial charge in [-0.15, -0.1) is 0 Å². The van der Waals surface area contributed by atoms with Crippen molar-refractivity contribution in [2.24, 2.45) is 0 Å². The molecule has 1 atom stereocenters. The number of amides is 1. The average molecular weight is 245 g/mol.